The van der Waals surface area contributed by atoms with Crippen molar-refractivity contribution < 1.29 is 4.74 Å². The Balaban J connectivity index is 2.83. The molecule has 0 aromatic heterocycles. The van der Waals surface area contributed by atoms with Gasteiger partial charge in [-0.2, -0.15) is 0 Å². The van der Waals surface area contributed by atoms with Crippen LogP contribution in [0.2, 0.25) is 0 Å². The lowest BCUT2D eigenvalue weighted by molar-refractivity contribution is 0.402. The Morgan fingerprint density at radius 1 is 1.28 bits per heavy atom. The molecule has 1 atom stereocenters. The largest absolute Gasteiger partial charge is 0.496 e. The smallest absolute Gasteiger partial charge is 0.123 e. The molecule has 0 fully saturated rings. The Bertz CT molecular complexity index is 360. The van der Waals surface area contributed by atoms with Crippen LogP contribution in [-0.4, -0.2) is 11.9 Å². The third-order valence-electron chi connectivity index (χ3n) is 2.60. The van der Waals surface area contributed by atoms with Crippen molar-refractivity contribution >= 4 is 11.9 Å². The van der Waals surface area contributed by atoms with Gasteiger partial charge < -0.3 is 4.74 Å². The Kier molecular flexibility index (Phi) is 6.03. The van der Waals surface area contributed by atoms with Crippen molar-refractivity contribution in [3.05, 3.63) is 29.8 Å². The lowest BCUT2D eigenvalue weighted by atomic mass is 10.0. The van der Waals surface area contributed by atoms with Gasteiger partial charge in [-0.25, -0.2) is 0 Å². The molecular weight excluding hydrogens is 242 g/mol. The minimum Gasteiger partial charge on any atom is -0.496 e. The van der Waals surface area contributed by atoms with Crippen molar-refractivity contribution in [2.75, 3.05) is 7.11 Å². The summed E-state index contributed by atoms with van der Waals surface area (Å²) >= 11 is 1.79. The van der Waals surface area contributed by atoms with E-state index in [1.165, 1.54) is 5.56 Å². The zero-order chi connectivity index (χ0) is 13.6. The number of ether oxygens (including phenoxy) is 1. The summed E-state index contributed by atoms with van der Waals surface area (Å²) in [5, 5.41) is 0. The van der Waals surface area contributed by atoms with E-state index in [1.54, 1.807) is 19.1 Å². The molecule has 0 aliphatic heterocycles. The van der Waals surface area contributed by atoms with Gasteiger partial charge in [-0.1, -0.05) is 43.5 Å². The highest BCUT2D eigenvalue weighted by Gasteiger charge is 2.18. The summed E-state index contributed by atoms with van der Waals surface area (Å²) in [6.45, 7) is 8.87. The highest BCUT2D eigenvalue weighted by molar-refractivity contribution is 7.98. The van der Waals surface area contributed by atoms with E-state index in [-0.39, 0.29) is 4.75 Å². The maximum Gasteiger partial charge on any atom is 0.123 e. The Labute approximate surface area is 116 Å². The van der Waals surface area contributed by atoms with Gasteiger partial charge in [0.15, 0.2) is 0 Å². The summed E-state index contributed by atoms with van der Waals surface area (Å²) in [5.74, 6) is 0.970. The van der Waals surface area contributed by atoms with Crippen LogP contribution in [0.1, 0.15) is 52.1 Å². The fraction of sp³-hybridized carbons (Fsp3) is 0.600. The van der Waals surface area contributed by atoms with Crippen LogP contribution in [0.3, 0.4) is 0 Å². The number of benzene rings is 1. The molecule has 0 amide bonds. The van der Waals surface area contributed by atoms with Crippen molar-refractivity contribution in [3.8, 4) is 5.75 Å². The molecule has 3 heteroatoms. The lowest BCUT2D eigenvalue weighted by Gasteiger charge is -2.25. The van der Waals surface area contributed by atoms with E-state index in [4.69, 9.17) is 4.74 Å². The van der Waals surface area contributed by atoms with Crippen molar-refractivity contribution in [3.63, 3.8) is 0 Å². The third kappa shape index (κ3) is 4.91. The molecule has 1 aromatic carbocycles. The molecule has 0 radical (unpaired) electrons. The van der Waals surface area contributed by atoms with Crippen LogP contribution in [0, 0.1) is 0 Å². The molecule has 1 rings (SSSR count). The van der Waals surface area contributed by atoms with E-state index in [1.807, 2.05) is 12.1 Å². The molecule has 0 saturated carbocycles. The predicted octanol–water partition coefficient (Wildman–Crippen LogP) is 4.57. The Morgan fingerprint density at radius 3 is 2.50 bits per heavy atom. The fourth-order valence-electron chi connectivity index (χ4n) is 1.77. The van der Waals surface area contributed by atoms with Crippen molar-refractivity contribution in [2.45, 2.75) is 51.3 Å². The molecule has 0 bridgehead atoms. The maximum atomic E-state index is 5.46. The van der Waals surface area contributed by atoms with Crippen LogP contribution in [0.5, 0.6) is 5.75 Å². The summed E-state index contributed by atoms with van der Waals surface area (Å²) in [4.78, 5) is 0. The van der Waals surface area contributed by atoms with E-state index in [9.17, 15) is 0 Å². The molecule has 1 unspecified atom stereocenters. The van der Waals surface area contributed by atoms with Gasteiger partial charge in [0.2, 0.25) is 0 Å². The van der Waals surface area contributed by atoms with Crippen LogP contribution in [0.25, 0.3) is 0 Å². The standard InChI is InChI=1S/C15H25NOS/c1-6-9-13(16-18-15(2,3)4)12-10-7-8-11-14(12)17-5/h7-8,10-11,13,16H,6,9H2,1-5H3. The SMILES string of the molecule is CCCC(NSC(C)(C)C)c1ccccc1OC. The Morgan fingerprint density at radius 2 is 1.94 bits per heavy atom. The van der Waals surface area contributed by atoms with Gasteiger partial charge in [-0.15, -0.1) is 0 Å². The molecule has 0 heterocycles. The van der Waals surface area contributed by atoms with E-state index in [0.29, 0.717) is 6.04 Å². The first-order valence-corrected chi connectivity index (χ1v) is 7.36. The van der Waals surface area contributed by atoms with Gasteiger partial charge in [-0.05, 0) is 33.3 Å². The average molecular weight is 267 g/mol. The molecule has 1 N–H and O–H groups in total. The fourth-order valence-corrected chi connectivity index (χ4v) is 2.51. The zero-order valence-corrected chi connectivity index (χ0v) is 12.9. The summed E-state index contributed by atoms with van der Waals surface area (Å²) in [6.07, 6.45) is 2.27. The average Bonchev–Trinajstić information content (AvgIpc) is 2.33. The number of para-hydroxylation sites is 1. The van der Waals surface area contributed by atoms with Gasteiger partial charge in [0.1, 0.15) is 5.75 Å². The quantitative estimate of drug-likeness (QED) is 0.763. The summed E-state index contributed by atoms with van der Waals surface area (Å²) in [7, 11) is 1.73. The molecule has 0 aliphatic rings. The van der Waals surface area contributed by atoms with Crippen LogP contribution in [0.15, 0.2) is 24.3 Å². The van der Waals surface area contributed by atoms with E-state index >= 15 is 0 Å². The normalized spacial score (nSPS) is 13.4. The van der Waals surface area contributed by atoms with Gasteiger partial charge in [0, 0.05) is 16.4 Å². The summed E-state index contributed by atoms with van der Waals surface area (Å²) in [5.41, 5.74) is 1.25. The van der Waals surface area contributed by atoms with Crippen LogP contribution in [-0.2, 0) is 0 Å². The van der Waals surface area contributed by atoms with Gasteiger partial charge in [-0.3, -0.25) is 4.72 Å². The monoisotopic (exact) mass is 267 g/mol. The van der Waals surface area contributed by atoms with Crippen LogP contribution >= 0.6 is 11.9 Å². The first-order chi connectivity index (χ1) is 8.48. The minimum absolute atomic E-state index is 0.216. The number of rotatable bonds is 6. The topological polar surface area (TPSA) is 21.3 Å². The summed E-state index contributed by atoms with van der Waals surface area (Å²) in [6, 6.07) is 8.61. The number of hydrogen-bond donors (Lipinski definition) is 1. The van der Waals surface area contributed by atoms with Gasteiger partial charge >= 0.3 is 0 Å². The van der Waals surface area contributed by atoms with Gasteiger partial charge in [0.25, 0.3) is 0 Å². The van der Waals surface area contributed by atoms with Crippen LogP contribution < -0.4 is 9.46 Å². The first kappa shape index (κ1) is 15.4. The molecule has 1 aromatic rings. The second kappa shape index (κ2) is 7.05. The third-order valence-corrected chi connectivity index (χ3v) is 3.61. The van der Waals surface area contributed by atoms with Crippen molar-refractivity contribution in [2.24, 2.45) is 0 Å². The second-order valence-electron chi connectivity index (χ2n) is 5.42. The number of hydrogen-bond acceptors (Lipinski definition) is 3. The molecular formula is C15H25NOS. The van der Waals surface area contributed by atoms with E-state index in [2.05, 4.69) is 44.5 Å². The molecule has 102 valence electrons. The van der Waals surface area contributed by atoms with E-state index in [0.717, 1.165) is 18.6 Å². The van der Waals surface area contributed by atoms with Gasteiger partial charge in [0.05, 0.1) is 7.11 Å². The molecule has 18 heavy (non-hydrogen) atoms. The molecule has 0 saturated heterocycles. The van der Waals surface area contributed by atoms with Crippen LogP contribution in [0.4, 0.5) is 0 Å². The highest BCUT2D eigenvalue weighted by Crippen LogP contribution is 2.31. The maximum absolute atomic E-state index is 5.46. The second-order valence-corrected chi connectivity index (χ2v) is 7.08. The minimum atomic E-state index is 0.216. The number of nitrogens with one attached hydrogen (secondary N) is 1. The molecule has 2 nitrogen and oxygen atoms in total. The number of methoxy groups -OCH3 is 1. The Hall–Kier alpha value is -0.670. The van der Waals surface area contributed by atoms with Crippen molar-refractivity contribution in [1.82, 2.24) is 4.72 Å². The predicted molar refractivity (Wildman–Crippen MR) is 81.1 cm³/mol. The molecule has 0 aliphatic carbocycles. The highest BCUT2D eigenvalue weighted by atomic mass is 32.2. The van der Waals surface area contributed by atoms with E-state index < -0.39 is 0 Å². The lowest BCUT2D eigenvalue weighted by Crippen LogP contribution is -2.22. The molecule has 0 spiro atoms. The van der Waals surface area contributed by atoms with Crippen molar-refractivity contribution in [1.29, 1.82) is 0 Å². The summed E-state index contributed by atoms with van der Waals surface area (Å²) < 4.78 is 9.26. The first-order valence-electron chi connectivity index (χ1n) is 6.54. The zero-order valence-electron chi connectivity index (χ0n) is 12.1.